The van der Waals surface area contributed by atoms with Crippen molar-refractivity contribution in [1.29, 1.82) is 0 Å². The molecule has 2 atom stereocenters. The number of carbonyl (C=O) groups excluding carboxylic acids is 1. The molecule has 2 unspecified atom stereocenters. The van der Waals surface area contributed by atoms with E-state index in [0.29, 0.717) is 10.6 Å². The zero-order valence-corrected chi connectivity index (χ0v) is 18.7. The smallest absolute Gasteiger partial charge is 0.481 e. The lowest BCUT2D eigenvalue weighted by molar-refractivity contribution is -0.275. The van der Waals surface area contributed by atoms with Crippen LogP contribution < -0.4 is 4.74 Å². The van der Waals surface area contributed by atoms with Gasteiger partial charge in [0.25, 0.3) is 5.91 Å². The monoisotopic (exact) mass is 509 g/mol. The van der Waals surface area contributed by atoms with Gasteiger partial charge in [0, 0.05) is 21.2 Å². The van der Waals surface area contributed by atoms with Crippen molar-refractivity contribution in [1.82, 2.24) is 4.90 Å². The molecule has 1 N–H and O–H groups in total. The minimum Gasteiger partial charge on any atom is -0.481 e. The van der Waals surface area contributed by atoms with Crippen molar-refractivity contribution in [2.24, 2.45) is 0 Å². The van der Waals surface area contributed by atoms with Crippen LogP contribution in [0.2, 0.25) is 10.0 Å². The van der Waals surface area contributed by atoms with E-state index >= 15 is 0 Å². The third-order valence-corrected chi connectivity index (χ3v) is 6.09. The second kappa shape index (κ2) is 9.19. The fourth-order valence-electron chi connectivity index (χ4n) is 4.16. The van der Waals surface area contributed by atoms with Gasteiger partial charge in [0.1, 0.15) is 11.7 Å². The van der Waals surface area contributed by atoms with E-state index in [-0.39, 0.29) is 28.3 Å². The lowest BCUT2D eigenvalue weighted by Gasteiger charge is -2.41. The summed E-state index contributed by atoms with van der Waals surface area (Å²) in [6.07, 6.45) is -4.95. The van der Waals surface area contributed by atoms with Gasteiger partial charge in [0.2, 0.25) is 0 Å². The summed E-state index contributed by atoms with van der Waals surface area (Å²) < 4.78 is 43.0. The van der Waals surface area contributed by atoms with Gasteiger partial charge >= 0.3 is 12.3 Å². The highest BCUT2D eigenvalue weighted by molar-refractivity contribution is 6.35. The van der Waals surface area contributed by atoms with Gasteiger partial charge < -0.3 is 14.7 Å². The highest BCUT2D eigenvalue weighted by atomic mass is 35.5. The average molecular weight is 510 g/mol. The molecule has 0 bridgehead atoms. The molecule has 1 aliphatic heterocycles. The third-order valence-electron chi connectivity index (χ3n) is 5.52. The number of fused-ring (bicyclic) bond motifs is 1. The number of carboxylic acid groups (broad SMARTS) is 1. The number of hydrogen-bond donors (Lipinski definition) is 1. The van der Waals surface area contributed by atoms with E-state index in [9.17, 15) is 27.9 Å². The summed E-state index contributed by atoms with van der Waals surface area (Å²) in [6, 6.07) is 14.9. The number of aliphatic carboxylic acids is 1. The van der Waals surface area contributed by atoms with Crippen LogP contribution in [-0.4, -0.2) is 28.2 Å². The van der Waals surface area contributed by atoms with E-state index in [4.69, 9.17) is 23.2 Å². The van der Waals surface area contributed by atoms with Crippen LogP contribution in [0.4, 0.5) is 13.2 Å². The topological polar surface area (TPSA) is 66.8 Å². The van der Waals surface area contributed by atoms with E-state index in [1.54, 1.807) is 18.2 Å². The number of rotatable bonds is 5. The SMILES string of the molecule is O=C(O)C1c2ccccc2C(=O)N(Cc2ccccc2OC(F)(F)F)C1c1ccc(Cl)cc1Cl. The van der Waals surface area contributed by atoms with E-state index < -0.39 is 35.9 Å². The number of ether oxygens (including phenoxy) is 1. The second-order valence-corrected chi connectivity index (χ2v) is 8.45. The molecule has 0 aliphatic carbocycles. The first-order valence-electron chi connectivity index (χ1n) is 9.98. The van der Waals surface area contributed by atoms with Gasteiger partial charge in [-0.05, 0) is 35.4 Å². The maximum absolute atomic E-state index is 13.5. The Kier molecular flexibility index (Phi) is 6.47. The Bertz CT molecular complexity index is 1260. The summed E-state index contributed by atoms with van der Waals surface area (Å²) in [5.74, 6) is -3.50. The summed E-state index contributed by atoms with van der Waals surface area (Å²) in [6.45, 7) is -0.354. The number of halogens is 5. The first-order valence-corrected chi connectivity index (χ1v) is 10.7. The summed E-state index contributed by atoms with van der Waals surface area (Å²) in [4.78, 5) is 27.2. The van der Waals surface area contributed by atoms with Crippen LogP contribution in [0, 0.1) is 0 Å². The van der Waals surface area contributed by atoms with Gasteiger partial charge in [-0.25, -0.2) is 0 Å². The van der Waals surface area contributed by atoms with Crippen LogP contribution in [0.5, 0.6) is 5.75 Å². The van der Waals surface area contributed by atoms with Crippen LogP contribution in [0.25, 0.3) is 0 Å². The Hall–Kier alpha value is -3.23. The van der Waals surface area contributed by atoms with Crippen molar-refractivity contribution >= 4 is 35.1 Å². The molecule has 1 aliphatic rings. The first-order chi connectivity index (χ1) is 16.1. The van der Waals surface area contributed by atoms with Crippen molar-refractivity contribution < 1.29 is 32.6 Å². The quantitative estimate of drug-likeness (QED) is 0.428. The van der Waals surface area contributed by atoms with E-state index in [2.05, 4.69) is 4.74 Å². The van der Waals surface area contributed by atoms with Gasteiger partial charge in [-0.2, -0.15) is 0 Å². The first kappa shape index (κ1) is 23.9. The Morgan fingerprint density at radius 1 is 1.00 bits per heavy atom. The molecule has 0 saturated heterocycles. The molecular weight excluding hydrogens is 494 g/mol. The molecular formula is C24H16Cl2F3NO4. The Morgan fingerprint density at radius 2 is 1.68 bits per heavy atom. The summed E-state index contributed by atoms with van der Waals surface area (Å²) in [7, 11) is 0. The zero-order valence-electron chi connectivity index (χ0n) is 17.2. The Morgan fingerprint density at radius 3 is 2.35 bits per heavy atom. The number of alkyl halides is 3. The largest absolute Gasteiger partial charge is 0.573 e. The molecule has 1 amide bonds. The zero-order chi connectivity index (χ0) is 24.6. The lowest BCUT2D eigenvalue weighted by Crippen LogP contribution is -2.44. The average Bonchev–Trinajstić information content (AvgIpc) is 2.76. The van der Waals surface area contributed by atoms with Crippen LogP contribution >= 0.6 is 23.2 Å². The molecule has 4 rings (SSSR count). The van der Waals surface area contributed by atoms with Gasteiger partial charge in [-0.1, -0.05) is 65.7 Å². The molecule has 0 fully saturated rings. The van der Waals surface area contributed by atoms with Gasteiger partial charge in [0.15, 0.2) is 0 Å². The molecule has 3 aromatic rings. The second-order valence-electron chi connectivity index (χ2n) is 7.60. The minimum absolute atomic E-state index is 0.0479. The van der Waals surface area contributed by atoms with Gasteiger partial charge in [0.05, 0.1) is 12.6 Å². The fraction of sp³-hybridized carbons (Fsp3) is 0.167. The minimum atomic E-state index is -4.95. The predicted octanol–water partition coefficient (Wildman–Crippen LogP) is 6.46. The van der Waals surface area contributed by atoms with Gasteiger partial charge in [-0.15, -0.1) is 13.2 Å². The number of carboxylic acids is 1. The normalized spacial score (nSPS) is 17.9. The number of carbonyl (C=O) groups is 2. The maximum Gasteiger partial charge on any atom is 0.573 e. The summed E-state index contributed by atoms with van der Waals surface area (Å²) in [5, 5.41) is 10.6. The van der Waals surface area contributed by atoms with Crippen LogP contribution in [0.1, 0.15) is 39.0 Å². The number of nitrogens with zero attached hydrogens (tertiary/aromatic N) is 1. The Balaban J connectivity index is 1.89. The number of para-hydroxylation sites is 1. The molecule has 0 spiro atoms. The molecule has 10 heteroatoms. The number of benzene rings is 3. The molecule has 34 heavy (non-hydrogen) atoms. The lowest BCUT2D eigenvalue weighted by atomic mass is 9.79. The van der Waals surface area contributed by atoms with Gasteiger partial charge in [-0.3, -0.25) is 9.59 Å². The predicted molar refractivity (Wildman–Crippen MR) is 119 cm³/mol. The molecule has 5 nitrogen and oxygen atoms in total. The van der Waals surface area contributed by atoms with E-state index in [1.165, 1.54) is 47.4 Å². The van der Waals surface area contributed by atoms with Crippen LogP contribution in [0.3, 0.4) is 0 Å². The fourth-order valence-corrected chi connectivity index (χ4v) is 4.68. The maximum atomic E-state index is 13.5. The summed E-state index contributed by atoms with van der Waals surface area (Å²) >= 11 is 12.4. The highest BCUT2D eigenvalue weighted by Gasteiger charge is 2.45. The molecule has 176 valence electrons. The Labute approximate surface area is 202 Å². The van der Waals surface area contributed by atoms with Crippen molar-refractivity contribution in [2.75, 3.05) is 0 Å². The molecule has 3 aromatic carbocycles. The standard InChI is InChI=1S/C24H16Cl2F3NO4/c25-14-9-10-17(18(26)11-14)21-20(23(32)33)15-6-2-3-7-16(15)22(31)30(21)12-13-5-1-4-8-19(13)34-24(27,28)29/h1-11,20-21H,12H2,(H,32,33). The van der Waals surface area contributed by atoms with Crippen molar-refractivity contribution in [2.45, 2.75) is 24.9 Å². The molecule has 0 radical (unpaired) electrons. The molecule has 1 heterocycles. The van der Waals surface area contributed by atoms with E-state index in [0.717, 1.165) is 6.07 Å². The molecule has 0 aromatic heterocycles. The van der Waals surface area contributed by atoms with Crippen LogP contribution in [-0.2, 0) is 11.3 Å². The summed E-state index contributed by atoms with van der Waals surface area (Å²) in [5.41, 5.74) is 0.778. The highest BCUT2D eigenvalue weighted by Crippen LogP contribution is 2.46. The molecule has 0 saturated carbocycles. The number of hydrogen-bond acceptors (Lipinski definition) is 3. The number of amides is 1. The van der Waals surface area contributed by atoms with Crippen molar-refractivity contribution in [3.05, 3.63) is 99.0 Å². The van der Waals surface area contributed by atoms with Crippen molar-refractivity contribution in [3.8, 4) is 5.75 Å². The van der Waals surface area contributed by atoms with Crippen LogP contribution in [0.15, 0.2) is 66.7 Å². The van der Waals surface area contributed by atoms with Crippen molar-refractivity contribution in [3.63, 3.8) is 0 Å². The third kappa shape index (κ3) is 4.69. The van der Waals surface area contributed by atoms with E-state index in [1.807, 2.05) is 0 Å².